The van der Waals surface area contributed by atoms with Crippen LogP contribution in [-0.2, 0) is 6.18 Å². The maximum absolute atomic E-state index is 12.6. The zero-order chi connectivity index (χ0) is 15.5. The number of rotatable bonds is 3. The van der Waals surface area contributed by atoms with Crippen LogP contribution in [0.5, 0.6) is 0 Å². The quantitative estimate of drug-likeness (QED) is 0.924. The number of benzene rings is 1. The van der Waals surface area contributed by atoms with Crippen LogP contribution in [0.2, 0.25) is 0 Å². The first-order valence-electron chi connectivity index (χ1n) is 6.19. The SMILES string of the molecule is CC(Nc1ccc(C(F)(F)F)cc1C#N)c1ccncc1. The fraction of sp³-hybridized carbons (Fsp3) is 0.200. The Morgan fingerprint density at radius 1 is 1.19 bits per heavy atom. The van der Waals surface area contributed by atoms with E-state index >= 15 is 0 Å². The van der Waals surface area contributed by atoms with E-state index in [0.29, 0.717) is 5.69 Å². The summed E-state index contributed by atoms with van der Waals surface area (Å²) in [6.07, 6.45) is -1.20. The summed E-state index contributed by atoms with van der Waals surface area (Å²) in [6, 6.07) is 8.32. The highest BCUT2D eigenvalue weighted by molar-refractivity contribution is 5.59. The van der Waals surface area contributed by atoms with Crippen LogP contribution < -0.4 is 5.32 Å². The van der Waals surface area contributed by atoms with Crippen molar-refractivity contribution < 1.29 is 13.2 Å². The van der Waals surface area contributed by atoms with Gasteiger partial charge in [-0.2, -0.15) is 18.4 Å². The molecule has 0 saturated heterocycles. The minimum Gasteiger partial charge on any atom is -0.377 e. The second-order valence-corrected chi connectivity index (χ2v) is 4.52. The van der Waals surface area contributed by atoms with Crippen LogP contribution >= 0.6 is 0 Å². The van der Waals surface area contributed by atoms with E-state index in [0.717, 1.165) is 17.7 Å². The first kappa shape index (κ1) is 14.9. The molecule has 0 bridgehead atoms. The van der Waals surface area contributed by atoms with Crippen LogP contribution in [0, 0.1) is 11.3 Å². The van der Waals surface area contributed by atoms with Gasteiger partial charge in [-0.3, -0.25) is 4.98 Å². The highest BCUT2D eigenvalue weighted by Crippen LogP contribution is 2.32. The summed E-state index contributed by atoms with van der Waals surface area (Å²) in [5, 5.41) is 12.1. The van der Waals surface area contributed by atoms with Crippen LogP contribution in [-0.4, -0.2) is 4.98 Å². The summed E-state index contributed by atoms with van der Waals surface area (Å²) in [7, 11) is 0. The molecular weight excluding hydrogens is 279 g/mol. The number of hydrogen-bond acceptors (Lipinski definition) is 3. The number of halogens is 3. The summed E-state index contributed by atoms with van der Waals surface area (Å²) in [6.45, 7) is 1.86. The molecule has 0 radical (unpaired) electrons. The maximum Gasteiger partial charge on any atom is 0.416 e. The minimum atomic E-state index is -4.46. The molecule has 0 aliphatic rings. The van der Waals surface area contributed by atoms with Gasteiger partial charge in [0.15, 0.2) is 0 Å². The van der Waals surface area contributed by atoms with E-state index < -0.39 is 11.7 Å². The standard InChI is InChI=1S/C15H12F3N3/c1-10(11-4-6-20-7-5-11)21-14-3-2-13(15(16,17)18)8-12(14)9-19/h2-8,10,21H,1H3. The van der Waals surface area contributed by atoms with Crippen molar-refractivity contribution in [1.29, 1.82) is 5.26 Å². The fourth-order valence-electron chi connectivity index (χ4n) is 1.91. The number of nitriles is 1. The van der Waals surface area contributed by atoms with Gasteiger partial charge in [-0.25, -0.2) is 0 Å². The lowest BCUT2D eigenvalue weighted by Gasteiger charge is -2.17. The minimum absolute atomic E-state index is 0.0364. The van der Waals surface area contributed by atoms with Crippen molar-refractivity contribution in [2.75, 3.05) is 5.32 Å². The van der Waals surface area contributed by atoms with E-state index in [4.69, 9.17) is 5.26 Å². The van der Waals surface area contributed by atoms with Crippen molar-refractivity contribution in [2.45, 2.75) is 19.1 Å². The van der Waals surface area contributed by atoms with Gasteiger partial charge in [-0.15, -0.1) is 0 Å². The second-order valence-electron chi connectivity index (χ2n) is 4.52. The molecule has 0 amide bonds. The Morgan fingerprint density at radius 2 is 1.86 bits per heavy atom. The molecule has 21 heavy (non-hydrogen) atoms. The van der Waals surface area contributed by atoms with Crippen molar-refractivity contribution in [3.8, 4) is 6.07 Å². The van der Waals surface area contributed by atoms with E-state index in [1.54, 1.807) is 30.6 Å². The Labute approximate surface area is 120 Å². The summed E-state index contributed by atoms with van der Waals surface area (Å²) in [5.41, 5.74) is 0.426. The molecule has 3 nitrogen and oxygen atoms in total. The molecule has 108 valence electrons. The Hall–Kier alpha value is -2.55. The van der Waals surface area contributed by atoms with E-state index in [-0.39, 0.29) is 11.6 Å². The van der Waals surface area contributed by atoms with Crippen LogP contribution in [0.4, 0.5) is 18.9 Å². The van der Waals surface area contributed by atoms with Crippen LogP contribution in [0.15, 0.2) is 42.7 Å². The van der Waals surface area contributed by atoms with E-state index in [1.807, 2.05) is 6.92 Å². The molecule has 1 atom stereocenters. The van der Waals surface area contributed by atoms with Gasteiger partial charge < -0.3 is 5.32 Å². The Kier molecular flexibility index (Phi) is 4.13. The molecule has 1 N–H and O–H groups in total. The van der Waals surface area contributed by atoms with Crippen molar-refractivity contribution >= 4 is 5.69 Å². The first-order chi connectivity index (χ1) is 9.91. The summed E-state index contributed by atoms with van der Waals surface area (Å²) >= 11 is 0. The number of anilines is 1. The van der Waals surface area contributed by atoms with Gasteiger partial charge in [0.1, 0.15) is 6.07 Å². The van der Waals surface area contributed by atoms with Crippen LogP contribution in [0.1, 0.15) is 29.7 Å². The average molecular weight is 291 g/mol. The number of alkyl halides is 3. The number of hydrogen-bond donors (Lipinski definition) is 1. The van der Waals surface area contributed by atoms with Crippen molar-refractivity contribution in [2.24, 2.45) is 0 Å². The molecule has 0 aliphatic carbocycles. The van der Waals surface area contributed by atoms with E-state index in [2.05, 4.69) is 10.3 Å². The van der Waals surface area contributed by atoms with E-state index in [1.165, 1.54) is 6.07 Å². The lowest BCUT2D eigenvalue weighted by molar-refractivity contribution is -0.137. The molecule has 0 saturated carbocycles. The number of pyridine rings is 1. The van der Waals surface area contributed by atoms with Crippen LogP contribution in [0.3, 0.4) is 0 Å². The largest absolute Gasteiger partial charge is 0.416 e. The summed E-state index contributed by atoms with van der Waals surface area (Å²) in [4.78, 5) is 3.90. The monoisotopic (exact) mass is 291 g/mol. The van der Waals surface area contributed by atoms with Gasteiger partial charge in [0.05, 0.1) is 16.8 Å². The Balaban J connectivity index is 2.27. The van der Waals surface area contributed by atoms with Gasteiger partial charge in [0.2, 0.25) is 0 Å². The maximum atomic E-state index is 12.6. The van der Waals surface area contributed by atoms with E-state index in [9.17, 15) is 13.2 Å². The molecule has 6 heteroatoms. The smallest absolute Gasteiger partial charge is 0.377 e. The number of nitrogens with one attached hydrogen (secondary N) is 1. The van der Waals surface area contributed by atoms with Crippen molar-refractivity contribution in [3.63, 3.8) is 0 Å². The predicted octanol–water partition coefficient (Wildman–Crippen LogP) is 4.15. The Morgan fingerprint density at radius 3 is 2.43 bits per heavy atom. The third kappa shape index (κ3) is 3.51. The highest BCUT2D eigenvalue weighted by atomic mass is 19.4. The molecule has 1 aromatic carbocycles. The topological polar surface area (TPSA) is 48.7 Å². The Bertz CT molecular complexity index is 660. The van der Waals surface area contributed by atoms with Gasteiger partial charge >= 0.3 is 6.18 Å². The molecule has 0 aliphatic heterocycles. The van der Waals surface area contributed by atoms with Gasteiger partial charge in [-0.05, 0) is 42.8 Å². The lowest BCUT2D eigenvalue weighted by Crippen LogP contribution is -2.10. The molecule has 2 aromatic rings. The fourth-order valence-corrected chi connectivity index (χ4v) is 1.91. The normalized spacial score (nSPS) is 12.5. The van der Waals surface area contributed by atoms with Gasteiger partial charge in [-0.1, -0.05) is 0 Å². The summed E-state index contributed by atoms with van der Waals surface area (Å²) < 4.78 is 37.9. The lowest BCUT2D eigenvalue weighted by atomic mass is 10.1. The molecule has 0 fully saturated rings. The molecule has 1 aromatic heterocycles. The summed E-state index contributed by atoms with van der Waals surface area (Å²) in [5.74, 6) is 0. The first-order valence-corrected chi connectivity index (χ1v) is 6.19. The molecule has 0 spiro atoms. The zero-order valence-electron chi connectivity index (χ0n) is 11.1. The molecule has 2 rings (SSSR count). The third-order valence-electron chi connectivity index (χ3n) is 3.05. The number of nitrogens with zero attached hydrogens (tertiary/aromatic N) is 2. The third-order valence-corrected chi connectivity index (χ3v) is 3.05. The number of aromatic nitrogens is 1. The van der Waals surface area contributed by atoms with Gasteiger partial charge in [0, 0.05) is 18.4 Å². The highest BCUT2D eigenvalue weighted by Gasteiger charge is 2.31. The molecule has 1 unspecified atom stereocenters. The second kappa shape index (κ2) is 5.83. The van der Waals surface area contributed by atoms with Crippen molar-refractivity contribution in [3.05, 3.63) is 59.4 Å². The average Bonchev–Trinajstić information content (AvgIpc) is 2.47. The molecule has 1 heterocycles. The predicted molar refractivity (Wildman–Crippen MR) is 72.4 cm³/mol. The van der Waals surface area contributed by atoms with Crippen LogP contribution in [0.25, 0.3) is 0 Å². The van der Waals surface area contributed by atoms with Crippen molar-refractivity contribution in [1.82, 2.24) is 4.98 Å². The molecular formula is C15H12F3N3. The van der Waals surface area contributed by atoms with Gasteiger partial charge in [0.25, 0.3) is 0 Å². The zero-order valence-corrected chi connectivity index (χ0v) is 11.1.